The molecule has 1 atom stereocenters. The van der Waals surface area contributed by atoms with E-state index in [-0.39, 0.29) is 5.92 Å². The van der Waals surface area contributed by atoms with Gasteiger partial charge in [0.25, 0.3) is 0 Å². The molecule has 3 heteroatoms. The van der Waals surface area contributed by atoms with Crippen molar-refractivity contribution in [2.75, 3.05) is 0 Å². The monoisotopic (exact) mass is 288 g/mol. The number of carboxylic acid groups (broad SMARTS) is 1. The van der Waals surface area contributed by atoms with Crippen molar-refractivity contribution in [3.05, 3.63) is 35.4 Å². The van der Waals surface area contributed by atoms with Gasteiger partial charge in [0.05, 0.1) is 0 Å². The van der Waals surface area contributed by atoms with E-state index < -0.39 is 11.6 Å². The average molecular weight is 288 g/mol. The van der Waals surface area contributed by atoms with Crippen LogP contribution < -0.4 is 0 Å². The number of carbonyl (C=O) groups is 1. The minimum Gasteiger partial charge on any atom is -0.479 e. The summed E-state index contributed by atoms with van der Waals surface area (Å²) in [5.41, 5.74) is 0.115. The lowest BCUT2D eigenvalue weighted by molar-refractivity contribution is -0.166. The van der Waals surface area contributed by atoms with Crippen LogP contribution in [0.25, 0.3) is 0 Å². The summed E-state index contributed by atoms with van der Waals surface area (Å²) in [6, 6.07) is 7.71. The van der Waals surface area contributed by atoms with Crippen LogP contribution in [0.2, 0.25) is 0 Å². The van der Waals surface area contributed by atoms with Crippen molar-refractivity contribution in [2.45, 2.75) is 62.9 Å². The molecule has 2 fully saturated rings. The Kier molecular flexibility index (Phi) is 4.03. The zero-order valence-corrected chi connectivity index (χ0v) is 12.4. The van der Waals surface area contributed by atoms with Crippen molar-refractivity contribution in [1.29, 1.82) is 0 Å². The van der Waals surface area contributed by atoms with Crippen LogP contribution in [0.15, 0.2) is 24.3 Å². The van der Waals surface area contributed by atoms with Gasteiger partial charge in [-0.15, -0.1) is 0 Å². The minimum atomic E-state index is -1.72. The van der Waals surface area contributed by atoms with E-state index in [1.165, 1.54) is 31.2 Å². The lowest BCUT2D eigenvalue weighted by Gasteiger charge is -2.30. The molecule has 21 heavy (non-hydrogen) atoms. The van der Waals surface area contributed by atoms with Crippen LogP contribution in [0.1, 0.15) is 68.4 Å². The molecule has 1 unspecified atom stereocenters. The van der Waals surface area contributed by atoms with Gasteiger partial charge in [0.15, 0.2) is 5.60 Å². The maximum Gasteiger partial charge on any atom is 0.340 e. The molecule has 2 aliphatic rings. The number of carboxylic acids is 1. The van der Waals surface area contributed by atoms with Gasteiger partial charge in [-0.1, -0.05) is 49.9 Å². The zero-order chi connectivity index (χ0) is 14.9. The summed E-state index contributed by atoms with van der Waals surface area (Å²) in [6.07, 6.45) is 8.65. The highest BCUT2D eigenvalue weighted by Crippen LogP contribution is 2.41. The molecule has 0 saturated heterocycles. The summed E-state index contributed by atoms with van der Waals surface area (Å²) < 4.78 is 0. The number of aliphatic carboxylic acids is 1. The summed E-state index contributed by atoms with van der Waals surface area (Å²) in [7, 11) is 0. The predicted octanol–water partition coefficient (Wildman–Crippen LogP) is 3.81. The highest BCUT2D eigenvalue weighted by atomic mass is 16.4. The van der Waals surface area contributed by atoms with E-state index in [2.05, 4.69) is 0 Å². The molecule has 2 saturated carbocycles. The average Bonchev–Trinajstić information content (AvgIpc) is 3.19. The molecule has 114 valence electrons. The number of hydrogen-bond donors (Lipinski definition) is 2. The SMILES string of the molecule is O=C(O)C(O)(c1ccc(C2CCCC2)cc1)C1CCCC1. The molecule has 0 radical (unpaired) electrons. The van der Waals surface area contributed by atoms with Gasteiger partial charge in [-0.3, -0.25) is 0 Å². The number of rotatable bonds is 4. The fourth-order valence-corrected chi connectivity index (χ4v) is 4.15. The van der Waals surface area contributed by atoms with Crippen LogP contribution >= 0.6 is 0 Å². The van der Waals surface area contributed by atoms with Crippen molar-refractivity contribution in [1.82, 2.24) is 0 Å². The molecule has 0 heterocycles. The summed E-state index contributed by atoms with van der Waals surface area (Å²) in [5.74, 6) is -0.654. The Morgan fingerprint density at radius 2 is 1.48 bits per heavy atom. The smallest absolute Gasteiger partial charge is 0.340 e. The third kappa shape index (κ3) is 2.59. The lowest BCUT2D eigenvalue weighted by atomic mass is 9.79. The first-order valence-corrected chi connectivity index (χ1v) is 8.18. The van der Waals surface area contributed by atoms with Gasteiger partial charge < -0.3 is 10.2 Å². The van der Waals surface area contributed by atoms with Gasteiger partial charge in [0.2, 0.25) is 0 Å². The van der Waals surface area contributed by atoms with Crippen molar-refractivity contribution in [2.24, 2.45) is 5.92 Å². The molecule has 0 aliphatic heterocycles. The van der Waals surface area contributed by atoms with E-state index in [0.29, 0.717) is 11.5 Å². The third-order valence-corrected chi connectivity index (χ3v) is 5.45. The van der Waals surface area contributed by atoms with Crippen LogP contribution in [0.3, 0.4) is 0 Å². The van der Waals surface area contributed by atoms with Gasteiger partial charge >= 0.3 is 5.97 Å². The standard InChI is InChI=1S/C18H24O3/c19-17(20)18(21,15-7-3-4-8-15)16-11-9-14(10-12-16)13-5-1-2-6-13/h9-13,15,21H,1-8H2,(H,19,20). The molecule has 0 amide bonds. The van der Waals surface area contributed by atoms with Crippen LogP contribution in [-0.2, 0) is 10.4 Å². The van der Waals surface area contributed by atoms with E-state index in [9.17, 15) is 15.0 Å². The quantitative estimate of drug-likeness (QED) is 0.885. The molecule has 1 aromatic carbocycles. The maximum absolute atomic E-state index is 11.7. The normalized spacial score (nSPS) is 23.3. The largest absolute Gasteiger partial charge is 0.479 e. The van der Waals surface area contributed by atoms with Crippen LogP contribution in [-0.4, -0.2) is 16.2 Å². The fraction of sp³-hybridized carbons (Fsp3) is 0.611. The van der Waals surface area contributed by atoms with Gasteiger partial charge in [-0.05, 0) is 42.7 Å². The van der Waals surface area contributed by atoms with E-state index in [4.69, 9.17) is 0 Å². The summed E-state index contributed by atoms with van der Waals surface area (Å²) >= 11 is 0. The number of aliphatic hydroxyl groups is 1. The molecular formula is C18H24O3. The van der Waals surface area contributed by atoms with E-state index >= 15 is 0 Å². The maximum atomic E-state index is 11.7. The van der Waals surface area contributed by atoms with Gasteiger partial charge in [-0.25, -0.2) is 4.79 Å². The molecule has 0 bridgehead atoms. The summed E-state index contributed by atoms with van der Waals surface area (Å²) in [4.78, 5) is 11.7. The second-order valence-electron chi connectivity index (χ2n) is 6.66. The summed E-state index contributed by atoms with van der Waals surface area (Å²) in [5, 5.41) is 20.4. The zero-order valence-electron chi connectivity index (χ0n) is 12.4. The Balaban J connectivity index is 1.87. The van der Waals surface area contributed by atoms with Crippen LogP contribution in [0.4, 0.5) is 0 Å². The van der Waals surface area contributed by atoms with Crippen molar-refractivity contribution >= 4 is 5.97 Å². The Bertz CT molecular complexity index is 496. The highest BCUT2D eigenvalue weighted by Gasteiger charge is 2.46. The van der Waals surface area contributed by atoms with E-state index in [1.807, 2.05) is 24.3 Å². The molecule has 2 aliphatic carbocycles. The van der Waals surface area contributed by atoms with Gasteiger partial charge in [0, 0.05) is 5.92 Å². The lowest BCUT2D eigenvalue weighted by Crippen LogP contribution is -2.42. The first-order valence-electron chi connectivity index (χ1n) is 8.18. The highest BCUT2D eigenvalue weighted by molar-refractivity contribution is 5.79. The topological polar surface area (TPSA) is 57.5 Å². The minimum absolute atomic E-state index is 0.160. The second kappa shape index (κ2) is 5.80. The second-order valence-corrected chi connectivity index (χ2v) is 6.66. The van der Waals surface area contributed by atoms with Crippen molar-refractivity contribution in [3.8, 4) is 0 Å². The first kappa shape index (κ1) is 14.6. The van der Waals surface area contributed by atoms with Crippen molar-refractivity contribution < 1.29 is 15.0 Å². The van der Waals surface area contributed by atoms with Crippen molar-refractivity contribution in [3.63, 3.8) is 0 Å². The number of benzene rings is 1. The number of hydrogen-bond acceptors (Lipinski definition) is 2. The van der Waals surface area contributed by atoms with E-state index in [0.717, 1.165) is 25.7 Å². The Labute approximate surface area is 126 Å². The molecule has 3 nitrogen and oxygen atoms in total. The molecular weight excluding hydrogens is 264 g/mol. The van der Waals surface area contributed by atoms with Crippen LogP contribution in [0, 0.1) is 5.92 Å². The Morgan fingerprint density at radius 1 is 0.952 bits per heavy atom. The fourth-order valence-electron chi connectivity index (χ4n) is 4.15. The van der Waals surface area contributed by atoms with Gasteiger partial charge in [0.1, 0.15) is 0 Å². The third-order valence-electron chi connectivity index (χ3n) is 5.45. The molecule has 2 N–H and O–H groups in total. The summed E-state index contributed by atoms with van der Waals surface area (Å²) in [6.45, 7) is 0. The molecule has 0 spiro atoms. The predicted molar refractivity (Wildman–Crippen MR) is 81.1 cm³/mol. The Hall–Kier alpha value is -1.35. The first-order chi connectivity index (χ1) is 10.1. The van der Waals surface area contributed by atoms with Crippen LogP contribution in [0.5, 0.6) is 0 Å². The Morgan fingerprint density at radius 3 is 2.00 bits per heavy atom. The molecule has 0 aromatic heterocycles. The molecule has 3 rings (SSSR count). The molecule has 1 aromatic rings. The van der Waals surface area contributed by atoms with Gasteiger partial charge in [-0.2, -0.15) is 0 Å². The van der Waals surface area contributed by atoms with E-state index in [1.54, 1.807) is 0 Å².